The van der Waals surface area contributed by atoms with E-state index in [-0.39, 0.29) is 0 Å². The van der Waals surface area contributed by atoms with Gasteiger partial charge >= 0.3 is 12.1 Å². The molecule has 1 rings (SSSR count). The summed E-state index contributed by atoms with van der Waals surface area (Å²) in [7, 11) is 0. The Kier molecular flexibility index (Phi) is 2.91. The first-order chi connectivity index (χ1) is 6.82. The van der Waals surface area contributed by atoms with E-state index in [2.05, 4.69) is 15.5 Å². The van der Waals surface area contributed by atoms with Crippen molar-refractivity contribution >= 4 is 5.97 Å². The van der Waals surface area contributed by atoms with E-state index in [1.807, 2.05) is 0 Å². The van der Waals surface area contributed by atoms with Crippen LogP contribution in [0.1, 0.15) is 25.2 Å². The first kappa shape index (κ1) is 11.4. The van der Waals surface area contributed by atoms with Crippen molar-refractivity contribution in [3.63, 3.8) is 0 Å². The summed E-state index contributed by atoms with van der Waals surface area (Å²) >= 11 is 0. The molecule has 0 amide bonds. The third kappa shape index (κ3) is 2.64. The maximum atomic E-state index is 12.3. The smallest absolute Gasteiger partial charge is 0.453 e. The molecule has 1 aromatic rings. The fourth-order valence-electron chi connectivity index (χ4n) is 1.02. The van der Waals surface area contributed by atoms with Crippen molar-refractivity contribution < 1.29 is 23.1 Å². The van der Waals surface area contributed by atoms with Crippen LogP contribution in [0.4, 0.5) is 13.2 Å². The average Bonchev–Trinajstić information content (AvgIpc) is 2.48. The number of carbonyl (C=O) groups is 1. The lowest BCUT2D eigenvalue weighted by Crippen LogP contribution is -2.20. The number of halogens is 3. The van der Waals surface area contributed by atoms with Gasteiger partial charge in [-0.15, -0.1) is 5.10 Å². The molecule has 0 aliphatic carbocycles. The normalized spacial score (nSPS) is 13.9. The van der Waals surface area contributed by atoms with Gasteiger partial charge in [0.15, 0.2) is 0 Å². The summed E-state index contributed by atoms with van der Waals surface area (Å²) in [5.41, 5.74) is 0. The summed E-state index contributed by atoms with van der Waals surface area (Å²) < 4.78 is 37.3. The molecule has 1 aromatic heterocycles. The molecule has 0 bridgehead atoms. The number of hydrogen-bond acceptors (Lipinski definition) is 4. The summed E-state index contributed by atoms with van der Waals surface area (Å²) in [6.45, 7) is 1.29. The summed E-state index contributed by atoms with van der Waals surface area (Å²) in [6, 6.07) is -0.950. The molecular weight excluding hydrogens is 217 g/mol. The lowest BCUT2D eigenvalue weighted by Gasteiger charge is -2.12. The molecule has 1 unspecified atom stereocenters. The zero-order chi connectivity index (χ0) is 11.6. The van der Waals surface area contributed by atoms with Crippen molar-refractivity contribution in [1.82, 2.24) is 20.2 Å². The topological polar surface area (TPSA) is 80.9 Å². The van der Waals surface area contributed by atoms with Gasteiger partial charge in [-0.2, -0.15) is 13.2 Å². The highest BCUT2D eigenvalue weighted by atomic mass is 19.4. The van der Waals surface area contributed by atoms with E-state index in [0.717, 1.165) is 0 Å². The molecular formula is C6H7F3N4O2. The van der Waals surface area contributed by atoms with E-state index >= 15 is 0 Å². The van der Waals surface area contributed by atoms with Crippen LogP contribution >= 0.6 is 0 Å². The first-order valence-corrected chi connectivity index (χ1v) is 3.89. The van der Waals surface area contributed by atoms with Crippen molar-refractivity contribution in [1.29, 1.82) is 0 Å². The molecule has 15 heavy (non-hydrogen) atoms. The van der Waals surface area contributed by atoms with Crippen LogP contribution in [0.25, 0.3) is 0 Å². The Morgan fingerprint density at radius 1 is 1.60 bits per heavy atom. The lowest BCUT2D eigenvalue weighted by molar-refractivity contribution is -0.150. The molecule has 9 heteroatoms. The predicted molar refractivity (Wildman–Crippen MR) is 39.8 cm³/mol. The van der Waals surface area contributed by atoms with E-state index < -0.39 is 30.4 Å². The van der Waals surface area contributed by atoms with Gasteiger partial charge in [0, 0.05) is 0 Å². The fourth-order valence-corrected chi connectivity index (χ4v) is 1.02. The number of hydrogen-bond donors (Lipinski definition) is 1. The third-order valence-corrected chi connectivity index (χ3v) is 1.63. The second-order valence-corrected chi connectivity index (χ2v) is 2.89. The molecule has 6 nitrogen and oxygen atoms in total. The minimum atomic E-state index is -4.68. The number of rotatable bonds is 3. The molecule has 0 fully saturated rings. The summed E-state index contributed by atoms with van der Waals surface area (Å²) in [4.78, 5) is 10.3. The molecule has 0 aliphatic heterocycles. The van der Waals surface area contributed by atoms with Crippen LogP contribution in [0.2, 0.25) is 0 Å². The number of tetrazole rings is 1. The van der Waals surface area contributed by atoms with Gasteiger partial charge in [-0.05, 0) is 17.4 Å². The van der Waals surface area contributed by atoms with Gasteiger partial charge in [0.05, 0.1) is 12.5 Å². The van der Waals surface area contributed by atoms with Crippen LogP contribution in [0.5, 0.6) is 0 Å². The first-order valence-electron chi connectivity index (χ1n) is 3.89. The molecule has 0 radical (unpaired) electrons. The van der Waals surface area contributed by atoms with Crippen LogP contribution in [0.3, 0.4) is 0 Å². The Hall–Kier alpha value is -1.67. The standard InChI is InChI=1S/C6H7F3N4O2/c1-3(2-4(14)15)13-5(6(7,8)9)10-11-12-13/h3H,2H2,1H3,(H,14,15). The van der Waals surface area contributed by atoms with E-state index in [1.165, 1.54) is 6.92 Å². The van der Waals surface area contributed by atoms with Gasteiger partial charge in [-0.3, -0.25) is 4.79 Å². The Bertz CT molecular complexity index is 362. The Morgan fingerprint density at radius 3 is 2.67 bits per heavy atom. The predicted octanol–water partition coefficient (Wildman–Crippen LogP) is 0.728. The fraction of sp³-hybridized carbons (Fsp3) is 0.667. The number of aliphatic carboxylic acids is 1. The minimum Gasteiger partial charge on any atom is -0.481 e. The Labute approximate surface area is 81.7 Å². The molecule has 0 spiro atoms. The second-order valence-electron chi connectivity index (χ2n) is 2.89. The average molecular weight is 224 g/mol. The monoisotopic (exact) mass is 224 g/mol. The van der Waals surface area contributed by atoms with Crippen molar-refractivity contribution in [2.24, 2.45) is 0 Å². The molecule has 1 heterocycles. The van der Waals surface area contributed by atoms with Crippen LogP contribution in [-0.2, 0) is 11.0 Å². The highest BCUT2D eigenvalue weighted by Gasteiger charge is 2.39. The van der Waals surface area contributed by atoms with Crippen molar-refractivity contribution in [2.45, 2.75) is 25.6 Å². The molecule has 0 saturated heterocycles. The van der Waals surface area contributed by atoms with Gasteiger partial charge in [0.1, 0.15) is 0 Å². The zero-order valence-corrected chi connectivity index (χ0v) is 7.56. The van der Waals surface area contributed by atoms with Crippen LogP contribution in [0.15, 0.2) is 0 Å². The lowest BCUT2D eigenvalue weighted by atomic mass is 10.2. The van der Waals surface area contributed by atoms with Crippen LogP contribution in [-0.4, -0.2) is 31.3 Å². The van der Waals surface area contributed by atoms with Gasteiger partial charge in [0.25, 0.3) is 5.82 Å². The van der Waals surface area contributed by atoms with Gasteiger partial charge in [-0.25, -0.2) is 4.68 Å². The number of carboxylic acid groups (broad SMARTS) is 1. The van der Waals surface area contributed by atoms with E-state index in [4.69, 9.17) is 5.11 Å². The molecule has 1 N–H and O–H groups in total. The van der Waals surface area contributed by atoms with Gasteiger partial charge in [0.2, 0.25) is 0 Å². The summed E-state index contributed by atoms with van der Waals surface area (Å²) in [5, 5.41) is 17.2. The van der Waals surface area contributed by atoms with Crippen LogP contribution in [0, 0.1) is 0 Å². The highest BCUT2D eigenvalue weighted by Crippen LogP contribution is 2.28. The maximum absolute atomic E-state index is 12.3. The Morgan fingerprint density at radius 2 is 2.20 bits per heavy atom. The van der Waals surface area contributed by atoms with Crippen molar-refractivity contribution in [3.05, 3.63) is 5.82 Å². The Balaban J connectivity index is 2.95. The molecule has 0 saturated carbocycles. The van der Waals surface area contributed by atoms with E-state index in [0.29, 0.717) is 4.68 Å². The second kappa shape index (κ2) is 3.83. The molecule has 0 aromatic carbocycles. The van der Waals surface area contributed by atoms with Crippen molar-refractivity contribution in [2.75, 3.05) is 0 Å². The molecule has 0 aliphatic rings. The number of aromatic nitrogens is 4. The highest BCUT2D eigenvalue weighted by molar-refractivity contribution is 5.67. The van der Waals surface area contributed by atoms with Gasteiger partial charge < -0.3 is 5.11 Å². The van der Waals surface area contributed by atoms with E-state index in [1.54, 1.807) is 0 Å². The third-order valence-electron chi connectivity index (χ3n) is 1.63. The minimum absolute atomic E-state index is 0.452. The molecule has 84 valence electrons. The number of nitrogens with zero attached hydrogens (tertiary/aromatic N) is 4. The quantitative estimate of drug-likeness (QED) is 0.818. The molecule has 1 atom stereocenters. The maximum Gasteiger partial charge on any atom is 0.453 e. The summed E-state index contributed by atoms with van der Waals surface area (Å²) in [6.07, 6.45) is -5.16. The van der Waals surface area contributed by atoms with Gasteiger partial charge in [-0.1, -0.05) is 0 Å². The van der Waals surface area contributed by atoms with Crippen molar-refractivity contribution in [3.8, 4) is 0 Å². The SMILES string of the molecule is CC(CC(=O)O)n1nnnc1C(F)(F)F. The number of carboxylic acids is 1. The largest absolute Gasteiger partial charge is 0.481 e. The summed E-state index contributed by atoms with van der Waals surface area (Å²) in [5.74, 6) is -2.51. The van der Waals surface area contributed by atoms with Crippen LogP contribution < -0.4 is 0 Å². The number of alkyl halides is 3. The van der Waals surface area contributed by atoms with E-state index in [9.17, 15) is 18.0 Å². The zero-order valence-electron chi connectivity index (χ0n) is 7.56.